The van der Waals surface area contributed by atoms with Gasteiger partial charge in [0, 0.05) is 24.3 Å². The van der Waals surface area contributed by atoms with Gasteiger partial charge >= 0.3 is 0 Å². The maximum absolute atomic E-state index is 4.44. The van der Waals surface area contributed by atoms with Gasteiger partial charge < -0.3 is 5.32 Å². The van der Waals surface area contributed by atoms with Gasteiger partial charge in [-0.05, 0) is 56.9 Å². The number of aryl methyl sites for hydroxylation is 1. The van der Waals surface area contributed by atoms with Gasteiger partial charge in [-0.3, -0.25) is 4.68 Å². The van der Waals surface area contributed by atoms with Crippen LogP contribution in [0, 0.1) is 17.8 Å². The summed E-state index contributed by atoms with van der Waals surface area (Å²) < 4.78 is 2.05. The number of rotatable bonds is 6. The molecule has 3 nitrogen and oxygen atoms in total. The molecular weight excluding hydrogens is 222 g/mol. The Morgan fingerprint density at radius 1 is 1.33 bits per heavy atom. The zero-order valence-electron chi connectivity index (χ0n) is 11.6. The van der Waals surface area contributed by atoms with Gasteiger partial charge in [0.25, 0.3) is 0 Å². The molecule has 1 N–H and O–H groups in total. The molecule has 18 heavy (non-hydrogen) atoms. The summed E-state index contributed by atoms with van der Waals surface area (Å²) in [5, 5.41) is 8.19. The van der Waals surface area contributed by atoms with Gasteiger partial charge in [0.1, 0.15) is 0 Å². The molecule has 0 aromatic carbocycles. The fraction of sp³-hybridized carbons (Fsp3) is 0.800. The van der Waals surface area contributed by atoms with Crippen LogP contribution in [0.5, 0.6) is 0 Å². The molecule has 2 aliphatic rings. The molecule has 3 unspecified atom stereocenters. The van der Waals surface area contributed by atoms with Crippen molar-refractivity contribution in [1.29, 1.82) is 0 Å². The summed E-state index contributed by atoms with van der Waals surface area (Å²) in [6.45, 7) is 6.48. The Labute approximate surface area is 110 Å². The summed E-state index contributed by atoms with van der Waals surface area (Å²) in [7, 11) is 0. The summed E-state index contributed by atoms with van der Waals surface area (Å²) in [5.41, 5.74) is 1.40. The minimum Gasteiger partial charge on any atom is -0.310 e. The van der Waals surface area contributed by atoms with Crippen LogP contribution in [0.2, 0.25) is 0 Å². The smallest absolute Gasteiger partial charge is 0.0537 e. The Bertz CT molecular complexity index is 388. The molecule has 1 aromatic rings. The van der Waals surface area contributed by atoms with Crippen molar-refractivity contribution < 1.29 is 0 Å². The van der Waals surface area contributed by atoms with E-state index in [4.69, 9.17) is 0 Å². The van der Waals surface area contributed by atoms with Gasteiger partial charge in [-0.25, -0.2) is 0 Å². The lowest BCUT2D eigenvalue weighted by atomic mass is 9.90. The van der Waals surface area contributed by atoms with Gasteiger partial charge in [-0.2, -0.15) is 5.10 Å². The number of nitrogens with one attached hydrogen (secondary N) is 1. The lowest BCUT2D eigenvalue weighted by Crippen LogP contribution is -2.28. The van der Waals surface area contributed by atoms with E-state index in [1.807, 2.05) is 4.68 Å². The maximum atomic E-state index is 4.44. The van der Waals surface area contributed by atoms with Crippen LogP contribution >= 0.6 is 0 Å². The molecule has 3 atom stereocenters. The fourth-order valence-electron chi connectivity index (χ4n) is 3.60. The third-order valence-electron chi connectivity index (χ3n) is 4.70. The average Bonchev–Trinajstić information content (AvgIpc) is 2.82. The van der Waals surface area contributed by atoms with E-state index in [9.17, 15) is 0 Å². The van der Waals surface area contributed by atoms with Crippen LogP contribution in [-0.4, -0.2) is 16.3 Å². The number of nitrogens with zero attached hydrogens (tertiary/aromatic N) is 2. The third-order valence-corrected chi connectivity index (χ3v) is 4.70. The molecule has 2 aliphatic carbocycles. The second kappa shape index (κ2) is 5.04. The average molecular weight is 247 g/mol. The van der Waals surface area contributed by atoms with E-state index in [-0.39, 0.29) is 0 Å². The molecule has 3 heteroatoms. The Hall–Kier alpha value is -0.830. The van der Waals surface area contributed by atoms with Crippen LogP contribution < -0.4 is 5.32 Å². The van der Waals surface area contributed by atoms with Gasteiger partial charge in [0.15, 0.2) is 0 Å². The van der Waals surface area contributed by atoms with Crippen molar-refractivity contribution >= 4 is 0 Å². The lowest BCUT2D eigenvalue weighted by molar-refractivity contribution is 0.341. The highest BCUT2D eigenvalue weighted by Crippen LogP contribution is 2.57. The molecule has 0 spiro atoms. The van der Waals surface area contributed by atoms with Crippen molar-refractivity contribution in [2.24, 2.45) is 17.8 Å². The first-order valence-electron chi connectivity index (χ1n) is 7.57. The van der Waals surface area contributed by atoms with E-state index in [1.54, 1.807) is 0 Å². The third kappa shape index (κ3) is 2.33. The molecule has 0 bridgehead atoms. The van der Waals surface area contributed by atoms with E-state index in [2.05, 4.69) is 36.7 Å². The molecule has 1 aromatic heterocycles. The van der Waals surface area contributed by atoms with Crippen LogP contribution in [0.3, 0.4) is 0 Å². The number of aromatic nitrogens is 2. The first-order chi connectivity index (χ1) is 8.81. The van der Waals surface area contributed by atoms with Gasteiger partial charge in [-0.15, -0.1) is 0 Å². The van der Waals surface area contributed by atoms with Crippen molar-refractivity contribution in [2.45, 2.75) is 52.1 Å². The maximum Gasteiger partial charge on any atom is 0.0537 e. The second-order valence-corrected chi connectivity index (χ2v) is 6.05. The number of hydrogen-bond donors (Lipinski definition) is 1. The van der Waals surface area contributed by atoms with Crippen LogP contribution in [0.1, 0.15) is 51.1 Å². The normalized spacial score (nSPS) is 31.3. The van der Waals surface area contributed by atoms with Crippen molar-refractivity contribution in [2.75, 3.05) is 6.54 Å². The number of hydrogen-bond acceptors (Lipinski definition) is 2. The van der Waals surface area contributed by atoms with Crippen LogP contribution in [0.25, 0.3) is 0 Å². The Morgan fingerprint density at radius 3 is 2.72 bits per heavy atom. The molecule has 1 heterocycles. The molecule has 0 saturated heterocycles. The highest BCUT2D eigenvalue weighted by molar-refractivity contribution is 5.14. The molecular formula is C15H25N3. The largest absolute Gasteiger partial charge is 0.310 e. The Balaban J connectivity index is 1.71. The molecule has 2 saturated carbocycles. The highest BCUT2D eigenvalue weighted by atomic mass is 15.3. The molecule has 0 radical (unpaired) electrons. The Morgan fingerprint density at radius 2 is 2.11 bits per heavy atom. The molecule has 100 valence electrons. The predicted octanol–water partition coefficient (Wildman–Crippen LogP) is 2.99. The van der Waals surface area contributed by atoms with Gasteiger partial charge in [0.05, 0.1) is 6.20 Å². The summed E-state index contributed by atoms with van der Waals surface area (Å²) in [6, 6.07) is 0.540. The highest BCUT2D eigenvalue weighted by Gasteiger charge is 2.48. The summed E-state index contributed by atoms with van der Waals surface area (Å²) in [6.07, 6.45) is 9.88. The number of fused-ring (bicyclic) bond motifs is 1. The lowest BCUT2D eigenvalue weighted by Gasteiger charge is -2.25. The summed E-state index contributed by atoms with van der Waals surface area (Å²) >= 11 is 0. The topological polar surface area (TPSA) is 29.9 Å². The van der Waals surface area contributed by atoms with Crippen LogP contribution in [0.4, 0.5) is 0 Å². The monoisotopic (exact) mass is 247 g/mol. The van der Waals surface area contributed by atoms with E-state index in [0.29, 0.717) is 6.04 Å². The van der Waals surface area contributed by atoms with E-state index >= 15 is 0 Å². The van der Waals surface area contributed by atoms with E-state index in [1.165, 1.54) is 31.2 Å². The molecule has 3 rings (SSSR count). The Kier molecular flexibility index (Phi) is 3.42. The van der Waals surface area contributed by atoms with Crippen LogP contribution in [0.15, 0.2) is 12.4 Å². The minimum absolute atomic E-state index is 0.540. The molecule has 0 amide bonds. The van der Waals surface area contributed by atoms with Gasteiger partial charge in [-0.1, -0.05) is 6.92 Å². The predicted molar refractivity (Wildman–Crippen MR) is 73.3 cm³/mol. The van der Waals surface area contributed by atoms with Crippen molar-refractivity contribution in [1.82, 2.24) is 15.1 Å². The van der Waals surface area contributed by atoms with Crippen LogP contribution in [-0.2, 0) is 6.54 Å². The van der Waals surface area contributed by atoms with E-state index in [0.717, 1.165) is 30.8 Å². The first-order valence-corrected chi connectivity index (χ1v) is 7.57. The second-order valence-electron chi connectivity index (χ2n) is 6.05. The first kappa shape index (κ1) is 12.2. The minimum atomic E-state index is 0.540. The fourth-order valence-corrected chi connectivity index (χ4v) is 3.60. The standard InChI is InChI=1S/C15H25N3/c1-3-5-16-15(13-7-11-6-12(11)8-13)14-9-17-18(4-2)10-14/h9-13,15-16H,3-8H2,1-2H3. The van der Waals surface area contributed by atoms with Gasteiger partial charge in [0.2, 0.25) is 0 Å². The molecule has 0 aliphatic heterocycles. The summed E-state index contributed by atoms with van der Waals surface area (Å²) in [4.78, 5) is 0. The van der Waals surface area contributed by atoms with E-state index < -0.39 is 0 Å². The van der Waals surface area contributed by atoms with Crippen molar-refractivity contribution in [3.05, 3.63) is 18.0 Å². The zero-order valence-corrected chi connectivity index (χ0v) is 11.6. The quantitative estimate of drug-likeness (QED) is 0.837. The molecule has 2 fully saturated rings. The zero-order chi connectivity index (χ0) is 12.5. The van der Waals surface area contributed by atoms with Crippen molar-refractivity contribution in [3.8, 4) is 0 Å². The van der Waals surface area contributed by atoms with Crippen molar-refractivity contribution in [3.63, 3.8) is 0 Å². The SMILES string of the molecule is CCCNC(c1cnn(CC)c1)C1CC2CC2C1. The summed E-state index contributed by atoms with van der Waals surface area (Å²) in [5.74, 6) is 2.96.